The third-order valence-corrected chi connectivity index (χ3v) is 10.3. The molecule has 1 unspecified atom stereocenters. The van der Waals surface area contributed by atoms with Crippen molar-refractivity contribution in [1.29, 1.82) is 0 Å². The van der Waals surface area contributed by atoms with Gasteiger partial charge in [-0.15, -0.1) is 0 Å². The van der Waals surface area contributed by atoms with E-state index in [-0.39, 0.29) is 37.5 Å². The van der Waals surface area contributed by atoms with Crippen molar-refractivity contribution in [3.05, 3.63) is 97.2 Å². The summed E-state index contributed by atoms with van der Waals surface area (Å²) in [5, 5.41) is 0. The number of esters is 3. The van der Waals surface area contributed by atoms with Crippen LogP contribution in [0.25, 0.3) is 0 Å². The minimum Gasteiger partial charge on any atom is -0.462 e. The Hall–Kier alpha value is -3.67. The summed E-state index contributed by atoms with van der Waals surface area (Å²) >= 11 is 0. The number of allylic oxidation sites excluding steroid dienone is 16. The van der Waals surface area contributed by atoms with Gasteiger partial charge in [-0.25, -0.2) is 0 Å². The molecule has 0 saturated carbocycles. The van der Waals surface area contributed by atoms with Gasteiger partial charge in [-0.1, -0.05) is 214 Å². The van der Waals surface area contributed by atoms with Gasteiger partial charge in [0.15, 0.2) is 6.10 Å². The zero-order chi connectivity index (χ0) is 45.1. The molecule has 0 aromatic rings. The van der Waals surface area contributed by atoms with Crippen molar-refractivity contribution in [2.24, 2.45) is 0 Å². The molecule has 0 bridgehead atoms. The van der Waals surface area contributed by atoms with E-state index in [2.05, 4.69) is 106 Å². The fourth-order valence-electron chi connectivity index (χ4n) is 6.54. The molecule has 0 radical (unpaired) electrons. The molecular weight excluding hydrogens is 769 g/mol. The first-order valence-corrected chi connectivity index (χ1v) is 25.2. The van der Waals surface area contributed by atoms with E-state index < -0.39 is 6.10 Å². The van der Waals surface area contributed by atoms with Gasteiger partial charge < -0.3 is 14.2 Å². The maximum absolute atomic E-state index is 12.8. The highest BCUT2D eigenvalue weighted by molar-refractivity contribution is 5.71. The second-order valence-corrected chi connectivity index (χ2v) is 16.3. The molecule has 0 amide bonds. The molecule has 0 fully saturated rings. The molecule has 0 rings (SSSR count). The van der Waals surface area contributed by atoms with E-state index in [9.17, 15) is 14.4 Å². The highest BCUT2D eigenvalue weighted by Gasteiger charge is 2.19. The number of ether oxygens (including phenoxy) is 3. The zero-order valence-corrected chi connectivity index (χ0v) is 40.1. The van der Waals surface area contributed by atoms with Crippen molar-refractivity contribution in [2.45, 2.75) is 226 Å². The molecule has 0 spiro atoms. The molecule has 1 atom stereocenters. The molecule has 0 aliphatic carbocycles. The number of carbonyl (C=O) groups is 3. The minimum absolute atomic E-state index is 0.106. The summed E-state index contributed by atoms with van der Waals surface area (Å²) in [6, 6.07) is 0. The SMILES string of the molecule is CC/C=C\C/C=C\C/C=C\C/C=C\C/C=C\C/C=C\CCC(=O)OCC(COC(=O)CCCCCCCCCCCCC)OC(=O)CCCCCCC/C=C\C/C=C\CCCC. The van der Waals surface area contributed by atoms with Gasteiger partial charge in [-0.2, -0.15) is 0 Å². The lowest BCUT2D eigenvalue weighted by atomic mass is 10.1. The second kappa shape index (κ2) is 50.0. The average molecular weight is 861 g/mol. The van der Waals surface area contributed by atoms with Crippen LogP contribution in [-0.2, 0) is 28.6 Å². The standard InChI is InChI=1S/C56H92O6/c1-4-7-10-13-16-19-22-24-26-27-28-29-30-32-34-37-40-43-46-49-55(58)61-52-53(51-60-54(57)48-45-42-39-36-33-21-18-15-12-9-6-3)62-56(59)50-47-44-41-38-35-31-25-23-20-17-14-11-8-5-2/h7,10,14,16-17,19,23-26,28-29,32,34,40,43,53H,4-6,8-9,11-13,15,18,20-22,27,30-31,33,35-39,41-42,44-52H2,1-3H3/b10-7-,17-14-,19-16-,25-23-,26-24-,29-28-,34-32-,43-40-. The molecule has 0 aromatic carbocycles. The Labute approximate surface area is 381 Å². The molecule has 352 valence electrons. The number of hydrogen-bond acceptors (Lipinski definition) is 6. The van der Waals surface area contributed by atoms with Crippen molar-refractivity contribution >= 4 is 17.9 Å². The summed E-state index contributed by atoms with van der Waals surface area (Å²) in [6.45, 7) is 6.38. The maximum Gasteiger partial charge on any atom is 0.306 e. The summed E-state index contributed by atoms with van der Waals surface area (Å²) in [7, 11) is 0. The summed E-state index contributed by atoms with van der Waals surface area (Å²) < 4.78 is 16.7. The van der Waals surface area contributed by atoms with Crippen LogP contribution in [0, 0.1) is 0 Å². The molecule has 0 aliphatic rings. The van der Waals surface area contributed by atoms with E-state index in [1.165, 1.54) is 70.6 Å². The monoisotopic (exact) mass is 861 g/mol. The molecule has 0 N–H and O–H groups in total. The van der Waals surface area contributed by atoms with Crippen molar-refractivity contribution in [3.8, 4) is 0 Å². The van der Waals surface area contributed by atoms with Crippen LogP contribution in [0.4, 0.5) is 0 Å². The van der Waals surface area contributed by atoms with Crippen LogP contribution in [0.15, 0.2) is 97.2 Å². The number of unbranched alkanes of at least 4 members (excludes halogenated alkanes) is 17. The largest absolute Gasteiger partial charge is 0.462 e. The number of rotatable bonds is 44. The first-order valence-electron chi connectivity index (χ1n) is 25.2. The first kappa shape index (κ1) is 58.3. The van der Waals surface area contributed by atoms with Gasteiger partial charge in [0, 0.05) is 19.3 Å². The highest BCUT2D eigenvalue weighted by atomic mass is 16.6. The van der Waals surface area contributed by atoms with E-state index in [1.54, 1.807) is 0 Å². The second-order valence-electron chi connectivity index (χ2n) is 16.3. The molecule has 62 heavy (non-hydrogen) atoms. The van der Waals surface area contributed by atoms with E-state index in [0.717, 1.165) is 103 Å². The summed E-state index contributed by atoms with van der Waals surface area (Å²) in [5.41, 5.74) is 0. The van der Waals surface area contributed by atoms with Gasteiger partial charge >= 0.3 is 17.9 Å². The van der Waals surface area contributed by atoms with E-state index >= 15 is 0 Å². The van der Waals surface area contributed by atoms with Crippen molar-refractivity contribution in [3.63, 3.8) is 0 Å². The van der Waals surface area contributed by atoms with Gasteiger partial charge in [0.1, 0.15) is 13.2 Å². The molecule has 6 heteroatoms. The topological polar surface area (TPSA) is 78.9 Å². The Morgan fingerprint density at radius 2 is 0.677 bits per heavy atom. The van der Waals surface area contributed by atoms with Crippen molar-refractivity contribution in [1.82, 2.24) is 0 Å². The van der Waals surface area contributed by atoms with Crippen LogP contribution < -0.4 is 0 Å². The van der Waals surface area contributed by atoms with Crippen LogP contribution >= 0.6 is 0 Å². The Balaban J connectivity index is 4.51. The highest BCUT2D eigenvalue weighted by Crippen LogP contribution is 2.14. The lowest BCUT2D eigenvalue weighted by molar-refractivity contribution is -0.166. The van der Waals surface area contributed by atoms with Crippen molar-refractivity contribution < 1.29 is 28.6 Å². The van der Waals surface area contributed by atoms with Gasteiger partial charge in [0.2, 0.25) is 0 Å². The smallest absolute Gasteiger partial charge is 0.306 e. The molecule has 0 heterocycles. The van der Waals surface area contributed by atoms with Gasteiger partial charge in [-0.3, -0.25) is 14.4 Å². The Bertz CT molecular complexity index is 1260. The van der Waals surface area contributed by atoms with E-state index in [4.69, 9.17) is 14.2 Å². The summed E-state index contributed by atoms with van der Waals surface area (Å²) in [6.07, 6.45) is 65.4. The van der Waals surface area contributed by atoms with E-state index in [1.807, 2.05) is 12.2 Å². The number of hydrogen-bond donors (Lipinski definition) is 0. The quantitative estimate of drug-likeness (QED) is 0.0263. The average Bonchev–Trinajstić information content (AvgIpc) is 3.27. The molecule has 0 aromatic heterocycles. The van der Waals surface area contributed by atoms with Crippen LogP contribution in [0.3, 0.4) is 0 Å². The molecule has 6 nitrogen and oxygen atoms in total. The maximum atomic E-state index is 12.8. The van der Waals surface area contributed by atoms with Crippen molar-refractivity contribution in [2.75, 3.05) is 13.2 Å². The minimum atomic E-state index is -0.813. The summed E-state index contributed by atoms with van der Waals surface area (Å²) in [4.78, 5) is 37.9. The Morgan fingerprint density at radius 3 is 1.13 bits per heavy atom. The van der Waals surface area contributed by atoms with Crippen LogP contribution in [-0.4, -0.2) is 37.2 Å². The Morgan fingerprint density at radius 1 is 0.339 bits per heavy atom. The lowest BCUT2D eigenvalue weighted by Crippen LogP contribution is -2.30. The predicted molar refractivity (Wildman–Crippen MR) is 265 cm³/mol. The fraction of sp³-hybridized carbons (Fsp3) is 0.661. The van der Waals surface area contributed by atoms with Gasteiger partial charge in [-0.05, 0) is 83.5 Å². The van der Waals surface area contributed by atoms with E-state index in [0.29, 0.717) is 19.3 Å². The van der Waals surface area contributed by atoms with Crippen LogP contribution in [0.2, 0.25) is 0 Å². The molecule has 0 saturated heterocycles. The van der Waals surface area contributed by atoms with Gasteiger partial charge in [0.05, 0.1) is 0 Å². The third kappa shape index (κ3) is 47.4. The predicted octanol–water partition coefficient (Wildman–Crippen LogP) is 16.6. The van der Waals surface area contributed by atoms with Gasteiger partial charge in [0.25, 0.3) is 0 Å². The Kier molecular flexibility index (Phi) is 47.0. The molecule has 0 aliphatic heterocycles. The fourth-order valence-corrected chi connectivity index (χ4v) is 6.54. The number of carbonyl (C=O) groups excluding carboxylic acids is 3. The first-order chi connectivity index (χ1) is 30.5. The zero-order valence-electron chi connectivity index (χ0n) is 40.1. The third-order valence-electron chi connectivity index (χ3n) is 10.3. The molecular formula is C56H92O6. The normalized spacial score (nSPS) is 12.9. The lowest BCUT2D eigenvalue weighted by Gasteiger charge is -2.18. The summed E-state index contributed by atoms with van der Waals surface area (Å²) in [5.74, 6) is -1.01. The van der Waals surface area contributed by atoms with Crippen LogP contribution in [0.5, 0.6) is 0 Å². The van der Waals surface area contributed by atoms with Crippen LogP contribution in [0.1, 0.15) is 220 Å².